The van der Waals surface area contributed by atoms with Crippen LogP contribution in [0.5, 0.6) is 0 Å². The lowest BCUT2D eigenvalue weighted by molar-refractivity contribution is -0.137. The maximum atomic E-state index is 12.9. The van der Waals surface area contributed by atoms with Crippen LogP contribution >= 0.6 is 11.6 Å². The Hall–Kier alpha value is -1.27. The van der Waals surface area contributed by atoms with Crippen LogP contribution in [0.3, 0.4) is 0 Å². The maximum Gasteiger partial charge on any atom is 0.418 e. The lowest BCUT2D eigenvalue weighted by atomic mass is 9.94. The molecule has 1 aromatic rings. The van der Waals surface area contributed by atoms with Gasteiger partial charge in [-0.3, -0.25) is 4.79 Å². The van der Waals surface area contributed by atoms with Gasteiger partial charge < -0.3 is 11.1 Å². The molecule has 0 saturated heterocycles. The van der Waals surface area contributed by atoms with Crippen LogP contribution in [0.4, 0.5) is 18.9 Å². The Morgan fingerprint density at radius 3 is 2.52 bits per heavy atom. The van der Waals surface area contributed by atoms with Crippen LogP contribution < -0.4 is 11.1 Å². The highest BCUT2D eigenvalue weighted by Gasteiger charge is 2.35. The molecule has 1 fully saturated rings. The molecule has 0 atom stereocenters. The van der Waals surface area contributed by atoms with Crippen LogP contribution in [-0.2, 0) is 11.0 Å². The molecule has 1 saturated carbocycles. The van der Waals surface area contributed by atoms with Crippen LogP contribution in [0.2, 0.25) is 5.02 Å². The Morgan fingerprint density at radius 1 is 1.33 bits per heavy atom. The second kappa shape index (κ2) is 5.85. The third kappa shape index (κ3) is 4.11. The van der Waals surface area contributed by atoms with Crippen molar-refractivity contribution in [3.05, 3.63) is 28.8 Å². The van der Waals surface area contributed by atoms with Crippen molar-refractivity contribution in [2.45, 2.75) is 43.8 Å². The molecule has 1 amide bonds. The van der Waals surface area contributed by atoms with Crippen molar-refractivity contribution in [2.75, 3.05) is 5.32 Å². The fourth-order valence-corrected chi connectivity index (χ4v) is 2.80. The lowest BCUT2D eigenvalue weighted by Gasteiger charge is -2.23. The van der Waals surface area contributed by atoms with Gasteiger partial charge in [-0.25, -0.2) is 0 Å². The average Bonchev–Trinajstić information content (AvgIpc) is 2.76. The number of hydrogen-bond acceptors (Lipinski definition) is 2. The van der Waals surface area contributed by atoms with Crippen molar-refractivity contribution >= 4 is 23.2 Å². The molecule has 0 bridgehead atoms. The zero-order valence-corrected chi connectivity index (χ0v) is 12.0. The first-order valence-corrected chi connectivity index (χ1v) is 7.03. The number of rotatable bonds is 3. The number of nitrogens with one attached hydrogen (secondary N) is 1. The van der Waals surface area contributed by atoms with Gasteiger partial charge in [-0.15, -0.1) is 0 Å². The largest absolute Gasteiger partial charge is 0.418 e. The molecule has 21 heavy (non-hydrogen) atoms. The van der Waals surface area contributed by atoms with Crippen molar-refractivity contribution in [3.8, 4) is 0 Å². The normalized spacial score (nSPS) is 17.8. The second-order valence-electron chi connectivity index (χ2n) is 5.48. The fourth-order valence-electron chi connectivity index (χ4n) is 2.63. The summed E-state index contributed by atoms with van der Waals surface area (Å²) in [4.78, 5) is 11.9. The third-order valence-corrected chi connectivity index (χ3v) is 3.91. The summed E-state index contributed by atoms with van der Waals surface area (Å²) in [5, 5.41) is 2.26. The molecule has 116 valence electrons. The molecule has 3 nitrogen and oxygen atoms in total. The summed E-state index contributed by atoms with van der Waals surface area (Å²) in [7, 11) is 0. The van der Waals surface area contributed by atoms with E-state index in [0.717, 1.165) is 25.0 Å². The highest BCUT2D eigenvalue weighted by Crippen LogP contribution is 2.37. The quantitative estimate of drug-likeness (QED) is 0.885. The Morgan fingerprint density at radius 2 is 1.95 bits per heavy atom. The van der Waals surface area contributed by atoms with Gasteiger partial charge in [0.2, 0.25) is 5.91 Å². The molecule has 1 aromatic carbocycles. The van der Waals surface area contributed by atoms with E-state index < -0.39 is 23.2 Å². The number of hydrogen-bond donors (Lipinski definition) is 2. The summed E-state index contributed by atoms with van der Waals surface area (Å²) in [6.07, 6.45) is -1.24. The zero-order chi connectivity index (χ0) is 15.7. The van der Waals surface area contributed by atoms with E-state index in [4.69, 9.17) is 17.3 Å². The first-order chi connectivity index (χ1) is 9.70. The number of benzene rings is 1. The first-order valence-electron chi connectivity index (χ1n) is 6.65. The van der Waals surface area contributed by atoms with E-state index >= 15 is 0 Å². The van der Waals surface area contributed by atoms with Gasteiger partial charge in [0.15, 0.2) is 0 Å². The van der Waals surface area contributed by atoms with E-state index in [1.165, 1.54) is 6.07 Å². The number of carbonyl (C=O) groups is 1. The molecule has 0 unspecified atom stereocenters. The molecule has 1 aliphatic carbocycles. The average molecular weight is 321 g/mol. The smallest absolute Gasteiger partial charge is 0.325 e. The second-order valence-corrected chi connectivity index (χ2v) is 5.92. The fraction of sp³-hybridized carbons (Fsp3) is 0.500. The van der Waals surface area contributed by atoms with Crippen molar-refractivity contribution in [1.29, 1.82) is 0 Å². The predicted molar refractivity (Wildman–Crippen MR) is 75.1 cm³/mol. The minimum Gasteiger partial charge on any atom is -0.325 e. The van der Waals surface area contributed by atoms with Gasteiger partial charge in [0.1, 0.15) is 0 Å². The van der Waals surface area contributed by atoms with E-state index in [9.17, 15) is 18.0 Å². The molecular formula is C14H16ClF3N2O. The number of carbonyl (C=O) groups excluding carboxylic acids is 1. The summed E-state index contributed by atoms with van der Waals surface area (Å²) in [6.45, 7) is 0. The molecular weight excluding hydrogens is 305 g/mol. The Bertz CT molecular complexity index is 540. The summed E-state index contributed by atoms with van der Waals surface area (Å²) in [5.74, 6) is -0.507. The van der Waals surface area contributed by atoms with E-state index in [2.05, 4.69) is 5.32 Å². The summed E-state index contributed by atoms with van der Waals surface area (Å²) < 4.78 is 38.8. The van der Waals surface area contributed by atoms with Gasteiger partial charge >= 0.3 is 6.18 Å². The van der Waals surface area contributed by atoms with Gasteiger partial charge in [0.05, 0.1) is 11.3 Å². The summed E-state index contributed by atoms with van der Waals surface area (Å²) >= 11 is 5.59. The minimum atomic E-state index is -4.58. The van der Waals surface area contributed by atoms with Crippen LogP contribution in [-0.4, -0.2) is 11.4 Å². The molecule has 0 spiro atoms. The van der Waals surface area contributed by atoms with Crippen molar-refractivity contribution in [2.24, 2.45) is 5.73 Å². The first kappa shape index (κ1) is 16.1. The van der Waals surface area contributed by atoms with Crippen LogP contribution in [0.15, 0.2) is 18.2 Å². The SMILES string of the molecule is NC1(CC(=O)Nc2ccc(Cl)cc2C(F)(F)F)CCCC1. The maximum absolute atomic E-state index is 12.9. The summed E-state index contributed by atoms with van der Waals surface area (Å²) in [5.41, 5.74) is 4.20. The summed E-state index contributed by atoms with van der Waals surface area (Å²) in [6, 6.07) is 3.26. The van der Waals surface area contributed by atoms with Gasteiger partial charge in [0.25, 0.3) is 0 Å². The topological polar surface area (TPSA) is 55.1 Å². The lowest BCUT2D eigenvalue weighted by Crippen LogP contribution is -2.40. The highest BCUT2D eigenvalue weighted by atomic mass is 35.5. The van der Waals surface area contributed by atoms with E-state index in [0.29, 0.717) is 12.8 Å². The Balaban J connectivity index is 2.14. The molecule has 0 radical (unpaired) electrons. The number of alkyl halides is 3. The molecule has 7 heteroatoms. The molecule has 2 rings (SSSR count). The van der Waals surface area contributed by atoms with Crippen LogP contribution in [0.1, 0.15) is 37.7 Å². The standard InChI is InChI=1S/C14H16ClF3N2O/c15-9-3-4-11(10(7-9)14(16,17)18)20-12(21)8-13(19)5-1-2-6-13/h3-4,7H,1-2,5-6,8,19H2,(H,20,21). The third-order valence-electron chi connectivity index (χ3n) is 3.67. The number of amides is 1. The van der Waals surface area contributed by atoms with Crippen molar-refractivity contribution in [3.63, 3.8) is 0 Å². The Kier molecular flexibility index (Phi) is 4.49. The Labute approximate surface area is 125 Å². The molecule has 0 aliphatic heterocycles. The number of nitrogens with two attached hydrogens (primary N) is 1. The molecule has 0 heterocycles. The van der Waals surface area contributed by atoms with Crippen LogP contribution in [0.25, 0.3) is 0 Å². The van der Waals surface area contributed by atoms with Crippen LogP contribution in [0, 0.1) is 0 Å². The van der Waals surface area contributed by atoms with Gasteiger partial charge in [-0.1, -0.05) is 24.4 Å². The van der Waals surface area contributed by atoms with Gasteiger partial charge in [0, 0.05) is 17.0 Å². The monoisotopic (exact) mass is 320 g/mol. The van der Waals surface area contributed by atoms with Crippen molar-refractivity contribution in [1.82, 2.24) is 0 Å². The van der Waals surface area contributed by atoms with E-state index in [1.807, 2.05) is 0 Å². The minimum absolute atomic E-state index is 0.0208. The van der Waals surface area contributed by atoms with Crippen molar-refractivity contribution < 1.29 is 18.0 Å². The number of halogens is 4. The zero-order valence-electron chi connectivity index (χ0n) is 11.3. The number of anilines is 1. The van der Waals surface area contributed by atoms with E-state index in [1.54, 1.807) is 0 Å². The molecule has 0 aromatic heterocycles. The molecule has 1 aliphatic rings. The van der Waals surface area contributed by atoms with E-state index in [-0.39, 0.29) is 17.1 Å². The van der Waals surface area contributed by atoms with Gasteiger partial charge in [-0.2, -0.15) is 13.2 Å². The predicted octanol–water partition coefficient (Wildman–Crippen LogP) is 3.96. The molecule has 3 N–H and O–H groups in total. The highest BCUT2D eigenvalue weighted by molar-refractivity contribution is 6.30. The van der Waals surface area contributed by atoms with Gasteiger partial charge in [-0.05, 0) is 31.0 Å².